The van der Waals surface area contributed by atoms with Crippen molar-refractivity contribution in [3.05, 3.63) is 95.3 Å². The molecule has 0 fully saturated rings. The van der Waals surface area contributed by atoms with E-state index in [1.165, 1.54) is 11.1 Å². The Morgan fingerprint density at radius 2 is 1.63 bits per heavy atom. The van der Waals surface area contributed by atoms with E-state index < -0.39 is 4.84 Å². The number of hydrogen-bond donors (Lipinski definition) is 0. The molecule has 0 saturated carbocycles. The largest absolute Gasteiger partial charge is 0.345 e. The summed E-state index contributed by atoms with van der Waals surface area (Å²) in [6.45, 7) is 3.74. The third kappa shape index (κ3) is 5.38. The zero-order valence-electron chi connectivity index (χ0n) is 15.2. The molecule has 140 valence electrons. The molecule has 3 aromatic rings. The maximum Gasteiger partial charge on any atom is 0.256 e. The van der Waals surface area contributed by atoms with Gasteiger partial charge >= 0.3 is 0 Å². The lowest BCUT2D eigenvalue weighted by atomic mass is 10.1. The second-order valence-electron chi connectivity index (χ2n) is 6.59. The second-order valence-corrected chi connectivity index (χ2v) is 7.69. The summed E-state index contributed by atoms with van der Waals surface area (Å²) >= 11 is 11.8. The van der Waals surface area contributed by atoms with Crippen LogP contribution in [0.4, 0.5) is 0 Å². The van der Waals surface area contributed by atoms with Crippen LogP contribution in [-0.4, -0.2) is 20.2 Å². The zero-order valence-corrected chi connectivity index (χ0v) is 16.7. The summed E-state index contributed by atoms with van der Waals surface area (Å²) in [5.74, 6) is -0.287. The van der Waals surface area contributed by atoms with Gasteiger partial charge in [0.25, 0.3) is 5.91 Å². The van der Waals surface area contributed by atoms with Crippen molar-refractivity contribution in [1.82, 2.24) is 9.47 Å². The Kier molecular flexibility index (Phi) is 6.59. The van der Waals surface area contributed by atoms with Crippen molar-refractivity contribution < 1.29 is 4.79 Å². The molecule has 0 aliphatic rings. The van der Waals surface area contributed by atoms with Crippen molar-refractivity contribution in [3.8, 4) is 0 Å². The lowest BCUT2D eigenvalue weighted by Crippen LogP contribution is -2.34. The van der Waals surface area contributed by atoms with Gasteiger partial charge in [-0.15, -0.1) is 0 Å². The molecule has 0 saturated heterocycles. The fourth-order valence-electron chi connectivity index (χ4n) is 2.99. The molecule has 3 rings (SSSR count). The first-order valence-corrected chi connectivity index (χ1v) is 9.70. The summed E-state index contributed by atoms with van der Waals surface area (Å²) in [6.07, 6.45) is 2.03. The number of carbonyl (C=O) groups is 1. The highest BCUT2D eigenvalue weighted by atomic mass is 35.5. The molecule has 0 bridgehead atoms. The smallest absolute Gasteiger partial charge is 0.256 e. The van der Waals surface area contributed by atoms with Gasteiger partial charge in [0.1, 0.15) is 0 Å². The standard InChI is InChI=1S/C22H22Cl2N2O/c1-17-9-11-19(12-10-17)14-25-13-5-8-20(25)16-26(22(27)21(23)24)15-18-6-3-2-4-7-18/h2-13,21H,14-16H2,1H3. The van der Waals surface area contributed by atoms with Crippen LogP contribution in [0.15, 0.2) is 72.9 Å². The zero-order chi connectivity index (χ0) is 19.2. The van der Waals surface area contributed by atoms with Gasteiger partial charge in [0.15, 0.2) is 4.84 Å². The molecule has 5 heteroatoms. The summed E-state index contributed by atoms with van der Waals surface area (Å²) in [5, 5.41) is 0. The third-order valence-corrected chi connectivity index (χ3v) is 4.84. The van der Waals surface area contributed by atoms with Crippen LogP contribution in [0.25, 0.3) is 0 Å². The first-order chi connectivity index (χ1) is 13.0. The normalized spacial score (nSPS) is 11.0. The van der Waals surface area contributed by atoms with Gasteiger partial charge in [-0.3, -0.25) is 4.79 Å². The summed E-state index contributed by atoms with van der Waals surface area (Å²) in [7, 11) is 0. The van der Waals surface area contributed by atoms with E-state index in [1.54, 1.807) is 4.90 Å². The van der Waals surface area contributed by atoms with E-state index in [0.29, 0.717) is 13.1 Å². The maximum absolute atomic E-state index is 12.5. The van der Waals surface area contributed by atoms with Crippen LogP contribution >= 0.6 is 23.2 Å². The van der Waals surface area contributed by atoms with Gasteiger partial charge in [-0.2, -0.15) is 0 Å². The molecular formula is C22H22Cl2N2O. The molecule has 0 radical (unpaired) electrons. The molecule has 0 aliphatic carbocycles. The second kappa shape index (κ2) is 9.12. The van der Waals surface area contributed by atoms with E-state index in [-0.39, 0.29) is 5.91 Å². The van der Waals surface area contributed by atoms with Gasteiger partial charge in [0.05, 0.1) is 6.54 Å². The highest BCUT2D eigenvalue weighted by Gasteiger charge is 2.21. The lowest BCUT2D eigenvalue weighted by molar-refractivity contribution is -0.130. The van der Waals surface area contributed by atoms with Gasteiger partial charge in [-0.05, 0) is 30.2 Å². The molecule has 1 heterocycles. The molecule has 3 nitrogen and oxygen atoms in total. The van der Waals surface area contributed by atoms with Crippen molar-refractivity contribution in [3.63, 3.8) is 0 Å². The summed E-state index contributed by atoms with van der Waals surface area (Å²) in [5.41, 5.74) is 4.53. The van der Waals surface area contributed by atoms with Gasteiger partial charge in [-0.1, -0.05) is 83.4 Å². The van der Waals surface area contributed by atoms with E-state index in [9.17, 15) is 4.79 Å². The fourth-order valence-corrected chi connectivity index (χ4v) is 3.26. The number of hydrogen-bond acceptors (Lipinski definition) is 1. The first-order valence-electron chi connectivity index (χ1n) is 8.83. The molecule has 1 amide bonds. The van der Waals surface area contributed by atoms with Crippen LogP contribution in [0.5, 0.6) is 0 Å². The van der Waals surface area contributed by atoms with Crippen LogP contribution in [0.1, 0.15) is 22.4 Å². The Labute approximate surface area is 170 Å². The van der Waals surface area contributed by atoms with Gasteiger partial charge < -0.3 is 9.47 Å². The molecule has 27 heavy (non-hydrogen) atoms. The summed E-state index contributed by atoms with van der Waals surface area (Å²) < 4.78 is 2.15. The van der Waals surface area contributed by atoms with E-state index in [4.69, 9.17) is 23.2 Å². The fraction of sp³-hybridized carbons (Fsp3) is 0.227. The van der Waals surface area contributed by atoms with E-state index in [0.717, 1.165) is 17.8 Å². The number of alkyl halides is 2. The first kappa shape index (κ1) is 19.5. The number of benzene rings is 2. The third-order valence-electron chi connectivity index (χ3n) is 4.46. The number of halogens is 2. The topological polar surface area (TPSA) is 25.2 Å². The van der Waals surface area contributed by atoms with Crippen molar-refractivity contribution >= 4 is 29.1 Å². The van der Waals surface area contributed by atoms with E-state index in [2.05, 4.69) is 35.8 Å². The number of carbonyl (C=O) groups excluding carboxylic acids is 1. The maximum atomic E-state index is 12.5. The Hall–Kier alpha value is -2.23. The number of nitrogens with zero attached hydrogens (tertiary/aromatic N) is 2. The lowest BCUT2D eigenvalue weighted by Gasteiger charge is -2.24. The summed E-state index contributed by atoms with van der Waals surface area (Å²) in [4.78, 5) is 13.2. The van der Waals surface area contributed by atoms with Crippen molar-refractivity contribution in [2.45, 2.75) is 31.4 Å². The van der Waals surface area contributed by atoms with Crippen molar-refractivity contribution in [2.75, 3.05) is 0 Å². The van der Waals surface area contributed by atoms with Crippen LogP contribution < -0.4 is 0 Å². The van der Waals surface area contributed by atoms with Gasteiger partial charge in [-0.25, -0.2) is 0 Å². The van der Waals surface area contributed by atoms with Crippen LogP contribution in [0, 0.1) is 6.92 Å². The SMILES string of the molecule is Cc1ccc(Cn2cccc2CN(Cc2ccccc2)C(=O)C(Cl)Cl)cc1. The molecule has 0 N–H and O–H groups in total. The minimum Gasteiger partial charge on any atom is -0.345 e. The van der Waals surface area contributed by atoms with Crippen molar-refractivity contribution in [2.24, 2.45) is 0 Å². The van der Waals surface area contributed by atoms with Crippen LogP contribution in [0.2, 0.25) is 0 Å². The minimum absolute atomic E-state index is 0.287. The van der Waals surface area contributed by atoms with Gasteiger partial charge in [0.2, 0.25) is 0 Å². The van der Waals surface area contributed by atoms with Crippen LogP contribution in [-0.2, 0) is 24.4 Å². The highest BCUT2D eigenvalue weighted by Crippen LogP contribution is 2.17. The Morgan fingerprint density at radius 1 is 0.926 bits per heavy atom. The molecule has 2 aromatic carbocycles. The monoisotopic (exact) mass is 400 g/mol. The Balaban J connectivity index is 1.78. The van der Waals surface area contributed by atoms with E-state index in [1.807, 2.05) is 48.7 Å². The van der Waals surface area contributed by atoms with Crippen LogP contribution in [0.3, 0.4) is 0 Å². The number of rotatable bonds is 7. The highest BCUT2D eigenvalue weighted by molar-refractivity contribution is 6.53. The number of aromatic nitrogens is 1. The molecule has 0 atom stereocenters. The molecule has 1 aromatic heterocycles. The Morgan fingerprint density at radius 3 is 2.30 bits per heavy atom. The quantitative estimate of drug-likeness (QED) is 0.501. The molecule has 0 unspecified atom stereocenters. The summed E-state index contributed by atoms with van der Waals surface area (Å²) in [6, 6.07) is 22.3. The molecule has 0 aliphatic heterocycles. The predicted molar refractivity (Wildman–Crippen MR) is 111 cm³/mol. The molecule has 0 spiro atoms. The number of amides is 1. The average Bonchev–Trinajstić information content (AvgIpc) is 3.10. The minimum atomic E-state index is -1.07. The van der Waals surface area contributed by atoms with Gasteiger partial charge in [0, 0.05) is 25.0 Å². The predicted octanol–water partition coefficient (Wildman–Crippen LogP) is 5.18. The average molecular weight is 401 g/mol. The van der Waals surface area contributed by atoms with Crippen molar-refractivity contribution in [1.29, 1.82) is 0 Å². The molecular weight excluding hydrogens is 379 g/mol. The van der Waals surface area contributed by atoms with E-state index >= 15 is 0 Å². The number of aryl methyl sites for hydroxylation is 1. The Bertz CT molecular complexity index is 873.